The lowest BCUT2D eigenvalue weighted by Crippen LogP contribution is -2.30. The van der Waals surface area contributed by atoms with E-state index in [0.29, 0.717) is 11.4 Å². The molecule has 0 atom stereocenters. The van der Waals surface area contributed by atoms with Gasteiger partial charge in [-0.05, 0) is 24.3 Å². The van der Waals surface area contributed by atoms with Crippen molar-refractivity contribution in [3.63, 3.8) is 0 Å². The van der Waals surface area contributed by atoms with Gasteiger partial charge in [0.1, 0.15) is 5.69 Å². The van der Waals surface area contributed by atoms with E-state index in [0.717, 1.165) is 16.5 Å². The zero-order valence-electron chi connectivity index (χ0n) is 10.9. The number of carbonyl (C=O) groups excluding carboxylic acids is 1. The summed E-state index contributed by atoms with van der Waals surface area (Å²) in [5.41, 5.74) is 3.93. The molecule has 0 saturated carbocycles. The Morgan fingerprint density at radius 2 is 2.14 bits per heavy atom. The summed E-state index contributed by atoms with van der Waals surface area (Å²) in [5.74, 6) is 5.28. The monoisotopic (exact) mass is 300 g/mol. The topological polar surface area (TPSA) is 98.2 Å². The molecule has 3 aromatic heterocycles. The van der Waals surface area contributed by atoms with Crippen molar-refractivity contribution in [1.29, 1.82) is 0 Å². The lowest BCUT2D eigenvalue weighted by Gasteiger charge is -2.03. The molecule has 1 amide bonds. The van der Waals surface area contributed by atoms with Crippen molar-refractivity contribution in [3.05, 3.63) is 54.0 Å². The predicted molar refractivity (Wildman–Crippen MR) is 78.4 cm³/mol. The van der Waals surface area contributed by atoms with Crippen molar-refractivity contribution in [2.75, 3.05) is 0 Å². The molecule has 21 heavy (non-hydrogen) atoms. The third-order valence-corrected chi connectivity index (χ3v) is 3.78. The predicted octanol–water partition coefficient (Wildman–Crippen LogP) is 1.02. The van der Waals surface area contributed by atoms with Gasteiger partial charge in [0.25, 0.3) is 5.91 Å². The molecule has 0 aliphatic rings. The maximum Gasteiger partial charge on any atom is 0.283 e. The number of nitrogen functional groups attached to an aromatic ring is 1. The van der Waals surface area contributed by atoms with Gasteiger partial charge < -0.3 is 0 Å². The Kier molecular flexibility index (Phi) is 3.80. The third-order valence-electron chi connectivity index (χ3n) is 2.80. The van der Waals surface area contributed by atoms with Crippen LogP contribution in [0.25, 0.3) is 5.65 Å². The standard InChI is InChI=1S/C13H12N6OS/c14-16-12(20)10-5-3-4-9(15-10)8-21-13-18-17-11-6-1-2-7-19(11)13/h1-7H,8,14H2,(H,16,20). The van der Waals surface area contributed by atoms with Crippen LogP contribution in [-0.4, -0.2) is 25.5 Å². The van der Waals surface area contributed by atoms with E-state index < -0.39 is 5.91 Å². The molecule has 0 unspecified atom stereocenters. The molecule has 7 nitrogen and oxygen atoms in total. The fourth-order valence-electron chi connectivity index (χ4n) is 1.82. The molecule has 0 aliphatic heterocycles. The number of hydrogen-bond acceptors (Lipinski definition) is 6. The van der Waals surface area contributed by atoms with Crippen LogP contribution in [0, 0.1) is 0 Å². The van der Waals surface area contributed by atoms with Crippen LogP contribution in [0.4, 0.5) is 0 Å². The molecule has 3 aromatic rings. The first-order valence-corrected chi connectivity index (χ1v) is 7.16. The van der Waals surface area contributed by atoms with Gasteiger partial charge in [0, 0.05) is 11.9 Å². The summed E-state index contributed by atoms with van der Waals surface area (Å²) in [6.45, 7) is 0. The Bertz CT molecular complexity index is 787. The van der Waals surface area contributed by atoms with E-state index in [1.807, 2.05) is 34.9 Å². The second-order valence-corrected chi connectivity index (χ2v) is 5.13. The van der Waals surface area contributed by atoms with E-state index in [-0.39, 0.29) is 0 Å². The van der Waals surface area contributed by atoms with Crippen LogP contribution in [0.3, 0.4) is 0 Å². The maximum atomic E-state index is 11.4. The molecule has 0 aromatic carbocycles. The third kappa shape index (κ3) is 2.86. The number of aromatic nitrogens is 4. The molecule has 0 spiro atoms. The fraction of sp³-hybridized carbons (Fsp3) is 0.0769. The van der Waals surface area contributed by atoms with Gasteiger partial charge in [-0.1, -0.05) is 23.9 Å². The summed E-state index contributed by atoms with van der Waals surface area (Å²) in [7, 11) is 0. The minimum absolute atomic E-state index is 0.293. The van der Waals surface area contributed by atoms with Crippen LogP contribution in [0.5, 0.6) is 0 Å². The molecule has 3 rings (SSSR count). The molecule has 0 bridgehead atoms. The number of hydrazine groups is 1. The van der Waals surface area contributed by atoms with Gasteiger partial charge >= 0.3 is 0 Å². The number of nitrogens with zero attached hydrogens (tertiary/aromatic N) is 4. The van der Waals surface area contributed by atoms with Crippen molar-refractivity contribution in [3.8, 4) is 0 Å². The van der Waals surface area contributed by atoms with Gasteiger partial charge in [-0.25, -0.2) is 10.8 Å². The molecule has 3 N–H and O–H groups in total. The van der Waals surface area contributed by atoms with Crippen LogP contribution in [0.1, 0.15) is 16.2 Å². The molecule has 0 radical (unpaired) electrons. The molecular formula is C13H12N6OS. The second-order valence-electron chi connectivity index (χ2n) is 4.19. The normalized spacial score (nSPS) is 10.7. The first-order valence-electron chi connectivity index (χ1n) is 6.17. The number of fused-ring (bicyclic) bond motifs is 1. The Labute approximate surface area is 124 Å². The van der Waals surface area contributed by atoms with Gasteiger partial charge in [0.05, 0.1) is 5.69 Å². The number of thioether (sulfide) groups is 1. The van der Waals surface area contributed by atoms with E-state index in [9.17, 15) is 4.79 Å². The first-order chi connectivity index (χ1) is 10.3. The van der Waals surface area contributed by atoms with Crippen molar-refractivity contribution in [1.82, 2.24) is 25.0 Å². The number of rotatable bonds is 4. The Hall–Kier alpha value is -2.45. The van der Waals surface area contributed by atoms with E-state index in [1.165, 1.54) is 11.8 Å². The summed E-state index contributed by atoms with van der Waals surface area (Å²) in [6.07, 6.45) is 1.91. The highest BCUT2D eigenvalue weighted by molar-refractivity contribution is 7.98. The molecule has 0 aliphatic carbocycles. The Balaban J connectivity index is 1.77. The Morgan fingerprint density at radius 3 is 3.00 bits per heavy atom. The molecule has 0 saturated heterocycles. The molecule has 3 heterocycles. The van der Waals surface area contributed by atoms with Gasteiger partial charge in [0.2, 0.25) is 0 Å². The lowest BCUT2D eigenvalue weighted by atomic mass is 10.3. The van der Waals surface area contributed by atoms with Crippen molar-refractivity contribution in [2.24, 2.45) is 5.84 Å². The summed E-state index contributed by atoms with van der Waals surface area (Å²) >= 11 is 1.50. The zero-order valence-corrected chi connectivity index (χ0v) is 11.7. The van der Waals surface area contributed by atoms with Crippen LogP contribution in [-0.2, 0) is 5.75 Å². The van der Waals surface area contributed by atoms with Crippen molar-refractivity contribution >= 4 is 23.3 Å². The molecule has 0 fully saturated rings. The van der Waals surface area contributed by atoms with Gasteiger partial charge in [-0.3, -0.25) is 14.6 Å². The number of amides is 1. The number of carbonyl (C=O) groups is 1. The second kappa shape index (κ2) is 5.90. The quantitative estimate of drug-likeness (QED) is 0.323. The summed E-state index contributed by atoms with van der Waals surface area (Å²) in [5, 5.41) is 8.99. The first kappa shape index (κ1) is 13.5. The fourth-order valence-corrected chi connectivity index (χ4v) is 2.65. The van der Waals surface area contributed by atoms with E-state index in [2.05, 4.69) is 20.6 Å². The van der Waals surface area contributed by atoms with Crippen LogP contribution in [0.15, 0.2) is 47.8 Å². The SMILES string of the molecule is NNC(=O)c1cccc(CSc2nnc3ccccn23)n1. The smallest absolute Gasteiger partial charge is 0.283 e. The van der Waals surface area contributed by atoms with E-state index >= 15 is 0 Å². The van der Waals surface area contributed by atoms with Crippen molar-refractivity contribution in [2.45, 2.75) is 10.9 Å². The Morgan fingerprint density at radius 1 is 1.24 bits per heavy atom. The summed E-state index contributed by atoms with van der Waals surface area (Å²) < 4.78 is 1.90. The lowest BCUT2D eigenvalue weighted by molar-refractivity contribution is 0.0948. The van der Waals surface area contributed by atoms with Crippen LogP contribution < -0.4 is 11.3 Å². The minimum atomic E-state index is -0.408. The highest BCUT2D eigenvalue weighted by atomic mass is 32.2. The van der Waals surface area contributed by atoms with Crippen molar-refractivity contribution < 1.29 is 4.79 Å². The van der Waals surface area contributed by atoms with Crippen LogP contribution >= 0.6 is 11.8 Å². The highest BCUT2D eigenvalue weighted by Crippen LogP contribution is 2.20. The van der Waals surface area contributed by atoms with Crippen LogP contribution in [0.2, 0.25) is 0 Å². The highest BCUT2D eigenvalue weighted by Gasteiger charge is 2.08. The molecule has 8 heteroatoms. The number of pyridine rings is 2. The number of nitrogens with two attached hydrogens (primary N) is 1. The number of hydrogen-bond donors (Lipinski definition) is 2. The van der Waals surface area contributed by atoms with Gasteiger partial charge in [-0.2, -0.15) is 0 Å². The largest absolute Gasteiger partial charge is 0.289 e. The summed E-state index contributed by atoms with van der Waals surface area (Å²) in [6, 6.07) is 11.0. The molecule has 106 valence electrons. The minimum Gasteiger partial charge on any atom is -0.289 e. The van der Waals surface area contributed by atoms with Gasteiger partial charge in [0.15, 0.2) is 10.8 Å². The zero-order chi connectivity index (χ0) is 14.7. The average molecular weight is 300 g/mol. The summed E-state index contributed by atoms with van der Waals surface area (Å²) in [4.78, 5) is 15.7. The molecular weight excluding hydrogens is 288 g/mol. The average Bonchev–Trinajstić information content (AvgIpc) is 2.95. The maximum absolute atomic E-state index is 11.4. The van der Waals surface area contributed by atoms with E-state index in [4.69, 9.17) is 5.84 Å². The number of nitrogens with one attached hydrogen (secondary N) is 1. The van der Waals surface area contributed by atoms with E-state index in [1.54, 1.807) is 12.1 Å². The van der Waals surface area contributed by atoms with Gasteiger partial charge in [-0.15, -0.1) is 10.2 Å².